The van der Waals surface area contributed by atoms with Gasteiger partial charge < -0.3 is 19.7 Å². The van der Waals surface area contributed by atoms with Gasteiger partial charge in [-0.05, 0) is 24.3 Å². The molecule has 0 aliphatic rings. The lowest BCUT2D eigenvalue weighted by Crippen LogP contribution is -2.09. The predicted molar refractivity (Wildman–Crippen MR) is 56.4 cm³/mol. The molecule has 1 aromatic carbocycles. The van der Waals surface area contributed by atoms with Crippen molar-refractivity contribution in [1.29, 1.82) is 0 Å². The van der Waals surface area contributed by atoms with Crippen LogP contribution in [0.5, 0.6) is 11.5 Å². The summed E-state index contributed by atoms with van der Waals surface area (Å²) in [6.07, 6.45) is -0.0250. The minimum absolute atomic E-state index is 0.0250. The van der Waals surface area contributed by atoms with Gasteiger partial charge >= 0.3 is 5.97 Å². The zero-order valence-electron chi connectivity index (χ0n) is 8.76. The fraction of sp³-hybridized carbons (Fsp3) is 0.364. The molecule has 0 aliphatic carbocycles. The Labute approximate surface area is 93.2 Å². The molecule has 0 spiro atoms. The Morgan fingerprint density at radius 1 is 1.06 bits per heavy atom. The maximum Gasteiger partial charge on any atom is 0.313 e. The van der Waals surface area contributed by atoms with Crippen molar-refractivity contribution in [1.82, 2.24) is 0 Å². The van der Waals surface area contributed by atoms with E-state index in [2.05, 4.69) is 0 Å². The zero-order chi connectivity index (χ0) is 11.8. The standard InChI is InChI=1S/C11H14O5/c12-6-5-11(14)16-10-3-1-9(2-4-10)15-8-7-13/h1-4,12-13H,5-8H2. The van der Waals surface area contributed by atoms with E-state index in [1.165, 1.54) is 0 Å². The smallest absolute Gasteiger partial charge is 0.313 e. The van der Waals surface area contributed by atoms with Crippen LogP contribution in [0.2, 0.25) is 0 Å². The molecule has 0 radical (unpaired) electrons. The Kier molecular flexibility index (Phi) is 5.31. The van der Waals surface area contributed by atoms with Crippen molar-refractivity contribution in [2.75, 3.05) is 19.8 Å². The van der Waals surface area contributed by atoms with Gasteiger partial charge in [0.25, 0.3) is 0 Å². The van der Waals surface area contributed by atoms with E-state index in [-0.39, 0.29) is 26.2 Å². The maximum absolute atomic E-state index is 11.0. The van der Waals surface area contributed by atoms with Gasteiger partial charge in [-0.2, -0.15) is 0 Å². The molecule has 0 heterocycles. The van der Waals surface area contributed by atoms with Gasteiger partial charge in [-0.3, -0.25) is 4.79 Å². The van der Waals surface area contributed by atoms with E-state index in [0.29, 0.717) is 11.5 Å². The van der Waals surface area contributed by atoms with Gasteiger partial charge in [0.2, 0.25) is 0 Å². The molecule has 88 valence electrons. The van der Waals surface area contributed by atoms with Crippen LogP contribution in [0.1, 0.15) is 6.42 Å². The van der Waals surface area contributed by atoms with Crippen LogP contribution < -0.4 is 9.47 Å². The molecule has 0 fully saturated rings. The van der Waals surface area contributed by atoms with E-state index in [4.69, 9.17) is 19.7 Å². The quantitative estimate of drug-likeness (QED) is 0.540. The molecule has 0 saturated carbocycles. The fourth-order valence-corrected chi connectivity index (χ4v) is 1.04. The van der Waals surface area contributed by atoms with E-state index in [0.717, 1.165) is 0 Å². The Bertz CT molecular complexity index is 320. The Balaban J connectivity index is 2.47. The number of carbonyl (C=O) groups is 1. The van der Waals surface area contributed by atoms with Crippen LogP contribution in [0.3, 0.4) is 0 Å². The third-order valence-corrected chi connectivity index (χ3v) is 1.73. The first-order chi connectivity index (χ1) is 7.76. The van der Waals surface area contributed by atoms with E-state index in [1.807, 2.05) is 0 Å². The lowest BCUT2D eigenvalue weighted by Gasteiger charge is -2.06. The lowest BCUT2D eigenvalue weighted by atomic mass is 10.3. The van der Waals surface area contributed by atoms with Crippen LogP contribution in [0.15, 0.2) is 24.3 Å². The summed E-state index contributed by atoms with van der Waals surface area (Å²) in [5, 5.41) is 17.1. The Morgan fingerprint density at radius 3 is 2.25 bits per heavy atom. The molecule has 0 amide bonds. The van der Waals surface area contributed by atoms with Gasteiger partial charge in [0.05, 0.1) is 19.6 Å². The number of hydrogen-bond donors (Lipinski definition) is 2. The summed E-state index contributed by atoms with van der Waals surface area (Å²) < 4.78 is 10.0. The summed E-state index contributed by atoms with van der Waals surface area (Å²) in [6, 6.07) is 6.44. The van der Waals surface area contributed by atoms with E-state index in [9.17, 15) is 4.79 Å². The van der Waals surface area contributed by atoms with E-state index in [1.54, 1.807) is 24.3 Å². The van der Waals surface area contributed by atoms with Crippen LogP contribution in [-0.4, -0.2) is 36.0 Å². The van der Waals surface area contributed by atoms with Crippen molar-refractivity contribution in [3.63, 3.8) is 0 Å². The molecule has 0 bridgehead atoms. The van der Waals surface area contributed by atoms with Crippen molar-refractivity contribution in [3.05, 3.63) is 24.3 Å². The van der Waals surface area contributed by atoms with Crippen LogP contribution in [0.4, 0.5) is 0 Å². The summed E-state index contributed by atoms with van der Waals surface area (Å²) in [7, 11) is 0. The summed E-state index contributed by atoms with van der Waals surface area (Å²) in [5.41, 5.74) is 0. The maximum atomic E-state index is 11.0. The second-order valence-corrected chi connectivity index (χ2v) is 2.99. The SMILES string of the molecule is O=C(CCO)Oc1ccc(OCCO)cc1. The summed E-state index contributed by atoms with van der Waals surface area (Å²) in [6.45, 7) is -0.0482. The van der Waals surface area contributed by atoms with E-state index >= 15 is 0 Å². The molecular weight excluding hydrogens is 212 g/mol. The number of esters is 1. The second kappa shape index (κ2) is 6.81. The number of rotatable bonds is 6. The summed E-state index contributed by atoms with van der Waals surface area (Å²) >= 11 is 0. The van der Waals surface area contributed by atoms with Gasteiger partial charge in [-0.25, -0.2) is 0 Å². The Hall–Kier alpha value is -1.59. The first kappa shape index (κ1) is 12.5. The van der Waals surface area contributed by atoms with Crippen molar-refractivity contribution in [2.24, 2.45) is 0 Å². The fourth-order valence-electron chi connectivity index (χ4n) is 1.04. The summed E-state index contributed by atoms with van der Waals surface area (Å²) in [5.74, 6) is 0.511. The second-order valence-electron chi connectivity index (χ2n) is 2.99. The molecule has 1 aromatic rings. The number of ether oxygens (including phenoxy) is 2. The van der Waals surface area contributed by atoms with E-state index < -0.39 is 5.97 Å². The highest BCUT2D eigenvalue weighted by atomic mass is 16.5. The molecule has 16 heavy (non-hydrogen) atoms. The molecule has 0 aromatic heterocycles. The average molecular weight is 226 g/mol. The Morgan fingerprint density at radius 2 is 1.69 bits per heavy atom. The van der Waals surface area contributed by atoms with Crippen molar-refractivity contribution >= 4 is 5.97 Å². The highest BCUT2D eigenvalue weighted by Crippen LogP contribution is 2.17. The highest BCUT2D eigenvalue weighted by molar-refractivity contribution is 5.72. The monoisotopic (exact) mass is 226 g/mol. The van der Waals surface area contributed by atoms with Crippen molar-refractivity contribution in [2.45, 2.75) is 6.42 Å². The van der Waals surface area contributed by atoms with Gasteiger partial charge in [0.1, 0.15) is 18.1 Å². The first-order valence-corrected chi connectivity index (χ1v) is 4.91. The normalized spacial score (nSPS) is 9.88. The number of hydrogen-bond acceptors (Lipinski definition) is 5. The molecule has 5 nitrogen and oxygen atoms in total. The summed E-state index contributed by atoms with van der Waals surface area (Å²) in [4.78, 5) is 11.0. The minimum Gasteiger partial charge on any atom is -0.491 e. The van der Waals surface area contributed by atoms with Gasteiger partial charge in [0, 0.05) is 0 Å². The van der Waals surface area contributed by atoms with Crippen LogP contribution >= 0.6 is 0 Å². The van der Waals surface area contributed by atoms with Crippen LogP contribution in [0, 0.1) is 0 Å². The minimum atomic E-state index is -0.480. The van der Waals surface area contributed by atoms with Gasteiger partial charge in [-0.1, -0.05) is 0 Å². The highest BCUT2D eigenvalue weighted by Gasteiger charge is 2.03. The zero-order valence-corrected chi connectivity index (χ0v) is 8.76. The number of aliphatic hydroxyl groups is 2. The topological polar surface area (TPSA) is 76.0 Å². The van der Waals surface area contributed by atoms with Gasteiger partial charge in [0.15, 0.2) is 0 Å². The predicted octanol–water partition coefficient (Wildman–Crippen LogP) is 0.345. The number of benzene rings is 1. The number of carbonyl (C=O) groups excluding carboxylic acids is 1. The molecule has 2 N–H and O–H groups in total. The molecule has 1 rings (SSSR count). The molecule has 0 saturated heterocycles. The van der Waals surface area contributed by atoms with Crippen LogP contribution in [-0.2, 0) is 4.79 Å². The molecular formula is C11H14O5. The van der Waals surface area contributed by atoms with Crippen molar-refractivity contribution in [3.8, 4) is 11.5 Å². The first-order valence-electron chi connectivity index (χ1n) is 4.91. The largest absolute Gasteiger partial charge is 0.491 e. The lowest BCUT2D eigenvalue weighted by molar-refractivity contribution is -0.135. The molecule has 0 unspecified atom stereocenters. The van der Waals surface area contributed by atoms with Crippen LogP contribution in [0.25, 0.3) is 0 Å². The molecule has 0 aliphatic heterocycles. The average Bonchev–Trinajstić information content (AvgIpc) is 2.28. The van der Waals surface area contributed by atoms with Crippen molar-refractivity contribution < 1.29 is 24.5 Å². The molecule has 5 heteroatoms. The molecule has 0 atom stereocenters. The third-order valence-electron chi connectivity index (χ3n) is 1.73. The van der Waals surface area contributed by atoms with Gasteiger partial charge in [-0.15, -0.1) is 0 Å². The number of aliphatic hydroxyl groups excluding tert-OH is 2. The third kappa shape index (κ3) is 4.29.